The molecule has 2 aromatic rings. The second kappa shape index (κ2) is 5.64. The van der Waals surface area contributed by atoms with Crippen LogP contribution in [0, 0.1) is 23.2 Å². The highest BCUT2D eigenvalue weighted by molar-refractivity contribution is 5.94. The van der Waals surface area contributed by atoms with Crippen molar-refractivity contribution >= 4 is 22.6 Å². The van der Waals surface area contributed by atoms with Crippen LogP contribution in [0.3, 0.4) is 0 Å². The summed E-state index contributed by atoms with van der Waals surface area (Å²) < 4.78 is 0. The minimum atomic E-state index is -0.770. The Morgan fingerprint density at radius 1 is 1.41 bits per heavy atom. The van der Waals surface area contributed by atoms with Gasteiger partial charge in [-0.15, -0.1) is 0 Å². The van der Waals surface area contributed by atoms with Crippen LogP contribution in [0.1, 0.15) is 18.9 Å². The molecule has 1 aromatic heterocycles. The van der Waals surface area contributed by atoms with Crippen molar-refractivity contribution in [1.82, 2.24) is 4.98 Å². The van der Waals surface area contributed by atoms with Gasteiger partial charge in [-0.3, -0.25) is 9.78 Å². The fourth-order valence-corrected chi connectivity index (χ4v) is 3.26. The standard InChI is InChI=1S/C17H17N3O2/c1-11-6-12(17(21)22)10-20(9-11)16-13(7-18)8-19-15-5-3-2-4-14(15)16/h2-5,8,11-12H,6,9-10H2,1H3,(H,21,22). The lowest BCUT2D eigenvalue weighted by molar-refractivity contribution is -0.142. The zero-order chi connectivity index (χ0) is 15.7. The Kier molecular flexibility index (Phi) is 3.68. The molecule has 2 unspecified atom stereocenters. The molecule has 2 atom stereocenters. The van der Waals surface area contributed by atoms with E-state index >= 15 is 0 Å². The van der Waals surface area contributed by atoms with Crippen LogP contribution >= 0.6 is 0 Å². The predicted molar refractivity (Wildman–Crippen MR) is 83.6 cm³/mol. The first-order chi connectivity index (χ1) is 10.6. The smallest absolute Gasteiger partial charge is 0.308 e. The van der Waals surface area contributed by atoms with Gasteiger partial charge < -0.3 is 10.0 Å². The fraction of sp³-hybridized carbons (Fsp3) is 0.353. The fourth-order valence-electron chi connectivity index (χ4n) is 3.26. The number of rotatable bonds is 2. The van der Waals surface area contributed by atoms with Gasteiger partial charge in [-0.05, 0) is 18.4 Å². The van der Waals surface area contributed by atoms with Gasteiger partial charge in [-0.2, -0.15) is 5.26 Å². The molecule has 5 heteroatoms. The van der Waals surface area contributed by atoms with Gasteiger partial charge in [-0.25, -0.2) is 0 Å². The molecular weight excluding hydrogens is 278 g/mol. The summed E-state index contributed by atoms with van der Waals surface area (Å²) in [4.78, 5) is 17.7. The third-order valence-electron chi connectivity index (χ3n) is 4.19. The Labute approximate surface area is 128 Å². The zero-order valence-corrected chi connectivity index (χ0v) is 12.4. The SMILES string of the molecule is CC1CC(C(=O)O)CN(c2c(C#N)cnc3ccccc23)C1. The maximum absolute atomic E-state index is 11.4. The van der Waals surface area contributed by atoms with Crippen molar-refractivity contribution < 1.29 is 9.90 Å². The number of para-hydroxylation sites is 1. The number of fused-ring (bicyclic) bond motifs is 1. The van der Waals surface area contributed by atoms with Crippen LogP contribution in [0.2, 0.25) is 0 Å². The lowest BCUT2D eigenvalue weighted by Gasteiger charge is -2.37. The van der Waals surface area contributed by atoms with Crippen molar-refractivity contribution in [1.29, 1.82) is 5.26 Å². The van der Waals surface area contributed by atoms with Crippen LogP contribution in [0.5, 0.6) is 0 Å². The Morgan fingerprint density at radius 2 is 2.18 bits per heavy atom. The summed E-state index contributed by atoms with van der Waals surface area (Å²) in [5.74, 6) is -0.899. The van der Waals surface area contributed by atoms with Gasteiger partial charge in [0.25, 0.3) is 0 Å². The van der Waals surface area contributed by atoms with Gasteiger partial charge in [-0.1, -0.05) is 25.1 Å². The van der Waals surface area contributed by atoms with E-state index in [4.69, 9.17) is 0 Å². The number of benzene rings is 1. The summed E-state index contributed by atoms with van der Waals surface area (Å²) in [6, 6.07) is 9.86. The summed E-state index contributed by atoms with van der Waals surface area (Å²) in [7, 11) is 0. The Hall–Kier alpha value is -2.61. The molecule has 1 aliphatic heterocycles. The number of pyridine rings is 1. The van der Waals surface area contributed by atoms with Gasteiger partial charge in [0.15, 0.2) is 0 Å². The van der Waals surface area contributed by atoms with Crippen molar-refractivity contribution in [2.45, 2.75) is 13.3 Å². The summed E-state index contributed by atoms with van der Waals surface area (Å²) in [6.45, 7) is 3.24. The first-order valence-corrected chi connectivity index (χ1v) is 7.35. The van der Waals surface area contributed by atoms with Crippen LogP contribution in [-0.2, 0) is 4.79 Å². The van der Waals surface area contributed by atoms with E-state index in [0.717, 1.165) is 23.1 Å². The molecule has 0 bridgehead atoms. The highest BCUT2D eigenvalue weighted by atomic mass is 16.4. The monoisotopic (exact) mass is 295 g/mol. The molecule has 0 amide bonds. The van der Waals surface area contributed by atoms with Crippen molar-refractivity contribution in [3.63, 3.8) is 0 Å². The van der Waals surface area contributed by atoms with E-state index in [9.17, 15) is 15.2 Å². The number of carboxylic acid groups (broad SMARTS) is 1. The molecule has 2 heterocycles. The summed E-state index contributed by atoms with van der Waals surface area (Å²) in [5.41, 5.74) is 2.13. The minimum absolute atomic E-state index is 0.272. The lowest BCUT2D eigenvalue weighted by Crippen LogP contribution is -2.43. The van der Waals surface area contributed by atoms with E-state index in [2.05, 4.69) is 18.0 Å². The summed E-state index contributed by atoms with van der Waals surface area (Å²) >= 11 is 0. The van der Waals surface area contributed by atoms with Crippen LogP contribution in [0.25, 0.3) is 10.9 Å². The first-order valence-electron chi connectivity index (χ1n) is 7.35. The minimum Gasteiger partial charge on any atom is -0.481 e. The molecule has 3 rings (SSSR count). The molecule has 112 valence electrons. The number of carbonyl (C=O) groups is 1. The van der Waals surface area contributed by atoms with Gasteiger partial charge in [0.2, 0.25) is 0 Å². The van der Waals surface area contributed by atoms with Crippen molar-refractivity contribution in [2.24, 2.45) is 11.8 Å². The molecule has 1 fully saturated rings. The number of hydrogen-bond acceptors (Lipinski definition) is 4. The molecule has 22 heavy (non-hydrogen) atoms. The molecule has 1 saturated heterocycles. The number of aromatic nitrogens is 1. The average molecular weight is 295 g/mol. The predicted octanol–water partition coefficient (Wildman–Crippen LogP) is 2.65. The second-order valence-corrected chi connectivity index (χ2v) is 5.93. The average Bonchev–Trinajstić information content (AvgIpc) is 2.53. The molecule has 0 spiro atoms. The van der Waals surface area contributed by atoms with Crippen LogP contribution in [-0.4, -0.2) is 29.1 Å². The Morgan fingerprint density at radius 3 is 2.91 bits per heavy atom. The van der Waals surface area contributed by atoms with Crippen LogP contribution in [0.4, 0.5) is 5.69 Å². The van der Waals surface area contributed by atoms with Crippen LogP contribution in [0.15, 0.2) is 30.5 Å². The highest BCUT2D eigenvalue weighted by Gasteiger charge is 2.31. The van der Waals surface area contributed by atoms with Gasteiger partial charge >= 0.3 is 5.97 Å². The summed E-state index contributed by atoms with van der Waals surface area (Å²) in [5, 5.41) is 19.7. The largest absolute Gasteiger partial charge is 0.481 e. The zero-order valence-electron chi connectivity index (χ0n) is 12.4. The Bertz CT molecular complexity index is 766. The molecule has 0 radical (unpaired) electrons. The van der Waals surface area contributed by atoms with Gasteiger partial charge in [0.05, 0.1) is 22.7 Å². The van der Waals surface area contributed by atoms with E-state index in [-0.39, 0.29) is 5.92 Å². The van der Waals surface area contributed by atoms with Crippen molar-refractivity contribution in [3.05, 3.63) is 36.0 Å². The molecule has 0 aliphatic carbocycles. The van der Waals surface area contributed by atoms with Crippen molar-refractivity contribution in [3.8, 4) is 6.07 Å². The third kappa shape index (κ3) is 2.48. The van der Waals surface area contributed by atoms with E-state index in [1.165, 1.54) is 0 Å². The molecule has 1 aromatic carbocycles. The molecule has 0 saturated carbocycles. The molecule has 5 nitrogen and oxygen atoms in total. The normalized spacial score (nSPS) is 21.5. The summed E-state index contributed by atoms with van der Waals surface area (Å²) in [6.07, 6.45) is 2.25. The second-order valence-electron chi connectivity index (χ2n) is 5.93. The first kappa shape index (κ1) is 14.3. The van der Waals surface area contributed by atoms with E-state index in [1.54, 1.807) is 6.20 Å². The van der Waals surface area contributed by atoms with E-state index < -0.39 is 11.9 Å². The van der Waals surface area contributed by atoms with Gasteiger partial charge in [0, 0.05) is 24.7 Å². The Balaban J connectivity index is 2.12. The number of carboxylic acids is 1. The number of hydrogen-bond donors (Lipinski definition) is 1. The number of anilines is 1. The molecular formula is C17H17N3O2. The number of aliphatic carboxylic acids is 1. The van der Waals surface area contributed by atoms with E-state index in [0.29, 0.717) is 18.5 Å². The van der Waals surface area contributed by atoms with E-state index in [1.807, 2.05) is 29.2 Å². The van der Waals surface area contributed by atoms with Crippen LogP contribution < -0.4 is 4.90 Å². The highest BCUT2D eigenvalue weighted by Crippen LogP contribution is 2.33. The maximum atomic E-state index is 11.4. The van der Waals surface area contributed by atoms with Gasteiger partial charge in [0.1, 0.15) is 6.07 Å². The number of nitriles is 1. The quantitative estimate of drug-likeness (QED) is 0.921. The lowest BCUT2D eigenvalue weighted by atomic mass is 9.89. The number of nitrogens with zero attached hydrogens (tertiary/aromatic N) is 3. The van der Waals surface area contributed by atoms with Crippen molar-refractivity contribution in [2.75, 3.05) is 18.0 Å². The molecule has 1 aliphatic rings. The maximum Gasteiger partial charge on any atom is 0.308 e. The number of piperidine rings is 1. The molecule has 1 N–H and O–H groups in total. The third-order valence-corrected chi connectivity index (χ3v) is 4.19. The topological polar surface area (TPSA) is 77.2 Å².